The number of benzene rings is 1. The van der Waals surface area contributed by atoms with Crippen molar-refractivity contribution in [2.45, 2.75) is 76.5 Å². The molecule has 2 aliphatic rings. The molecule has 13 heteroatoms. The normalized spacial score (nSPS) is 19.8. The lowest BCUT2D eigenvalue weighted by Gasteiger charge is -2.36. The summed E-state index contributed by atoms with van der Waals surface area (Å²) in [6.07, 6.45) is 9.66. The highest BCUT2D eigenvalue weighted by Gasteiger charge is 2.34. The van der Waals surface area contributed by atoms with Crippen LogP contribution in [0.1, 0.15) is 58.8 Å². The number of esters is 1. The molecular formula is C32H44N6O6S. The molecule has 1 aliphatic heterocycles. The monoisotopic (exact) mass is 640 g/mol. The Balaban J connectivity index is 1.13. The zero-order valence-electron chi connectivity index (χ0n) is 26.3. The first kappa shape index (κ1) is 32.7. The van der Waals surface area contributed by atoms with E-state index in [0.29, 0.717) is 56.5 Å². The Morgan fingerprint density at radius 3 is 2.49 bits per heavy atom. The summed E-state index contributed by atoms with van der Waals surface area (Å²) in [7, 11) is -3.02. The predicted molar refractivity (Wildman–Crippen MR) is 172 cm³/mol. The first-order chi connectivity index (χ1) is 21.4. The van der Waals surface area contributed by atoms with Gasteiger partial charge in [0.1, 0.15) is 33.0 Å². The van der Waals surface area contributed by atoms with E-state index < -0.39 is 21.3 Å². The van der Waals surface area contributed by atoms with E-state index in [4.69, 9.17) is 20.2 Å². The van der Waals surface area contributed by atoms with Gasteiger partial charge in [0.25, 0.3) is 0 Å². The zero-order chi connectivity index (χ0) is 32.2. The lowest BCUT2D eigenvalue weighted by molar-refractivity contribution is -0.157. The van der Waals surface area contributed by atoms with E-state index in [1.807, 2.05) is 46.0 Å². The second kappa shape index (κ2) is 13.7. The van der Waals surface area contributed by atoms with Crippen LogP contribution in [-0.2, 0) is 24.2 Å². The summed E-state index contributed by atoms with van der Waals surface area (Å²) in [5, 5.41) is 4.39. The van der Waals surface area contributed by atoms with Gasteiger partial charge in [0.15, 0.2) is 0 Å². The minimum atomic E-state index is -3.02. The average Bonchev–Trinajstić information content (AvgIpc) is 3.44. The van der Waals surface area contributed by atoms with Crippen molar-refractivity contribution in [1.29, 1.82) is 0 Å². The van der Waals surface area contributed by atoms with Crippen LogP contribution < -0.4 is 15.8 Å². The summed E-state index contributed by atoms with van der Waals surface area (Å²) in [4.78, 5) is 36.5. The molecule has 1 aromatic carbocycles. The molecule has 2 aromatic heterocycles. The van der Waals surface area contributed by atoms with E-state index in [0.717, 1.165) is 36.6 Å². The van der Waals surface area contributed by atoms with Gasteiger partial charge in [-0.25, -0.2) is 13.4 Å². The second-order valence-corrected chi connectivity index (χ2v) is 15.0. The first-order valence-electron chi connectivity index (χ1n) is 15.7. The Kier molecular flexibility index (Phi) is 9.97. The molecular weight excluding hydrogens is 596 g/mol. The number of rotatable bonds is 11. The first-order valence-corrected chi connectivity index (χ1v) is 17.7. The molecule has 0 spiro atoms. The topological polar surface area (TPSA) is 159 Å². The van der Waals surface area contributed by atoms with E-state index >= 15 is 0 Å². The van der Waals surface area contributed by atoms with Gasteiger partial charge in [0.2, 0.25) is 11.9 Å². The summed E-state index contributed by atoms with van der Waals surface area (Å²) < 4.78 is 36.3. The van der Waals surface area contributed by atoms with Gasteiger partial charge >= 0.3 is 5.97 Å². The molecule has 0 radical (unpaired) electrons. The fourth-order valence-electron chi connectivity index (χ4n) is 5.94. The Morgan fingerprint density at radius 1 is 1.07 bits per heavy atom. The van der Waals surface area contributed by atoms with Crippen molar-refractivity contribution in [2.75, 3.05) is 37.0 Å². The minimum Gasteiger partial charge on any atom is -0.493 e. The third kappa shape index (κ3) is 8.51. The molecule has 1 amide bonds. The van der Waals surface area contributed by atoms with Crippen LogP contribution in [-0.4, -0.2) is 89.1 Å². The quantitative estimate of drug-likeness (QED) is 0.235. The number of carbonyl (C=O) groups is 2. The molecule has 244 valence electrons. The number of sulfone groups is 1. The molecule has 3 heterocycles. The van der Waals surface area contributed by atoms with E-state index in [1.54, 1.807) is 20.0 Å². The largest absolute Gasteiger partial charge is 0.493 e. The Hall–Kier alpha value is -3.71. The summed E-state index contributed by atoms with van der Waals surface area (Å²) in [5.41, 5.74) is 5.74. The van der Waals surface area contributed by atoms with Crippen LogP contribution in [0.2, 0.25) is 0 Å². The molecule has 5 rings (SSSR count). The number of ether oxygens (including phenoxy) is 2. The van der Waals surface area contributed by atoms with E-state index in [-0.39, 0.29) is 29.7 Å². The SMILES string of the molecule is CC(C)(N)C(=O)OC1CCN(C(=O)C2CCC(Nc3nccc(-n4ccc5c(OCCCS(C)(=O)=O)cccc54)n3)CC2)CC1. The minimum absolute atomic E-state index is 0.00796. The number of nitrogens with two attached hydrogens (primary N) is 1. The summed E-state index contributed by atoms with van der Waals surface area (Å²) in [5.74, 6) is 1.81. The van der Waals surface area contributed by atoms with E-state index in [9.17, 15) is 18.0 Å². The number of piperidine rings is 1. The van der Waals surface area contributed by atoms with Crippen LogP contribution in [0.5, 0.6) is 5.75 Å². The van der Waals surface area contributed by atoms with Gasteiger partial charge in [0.05, 0.1) is 17.9 Å². The number of nitrogens with one attached hydrogen (secondary N) is 1. The maximum atomic E-state index is 13.2. The fraction of sp³-hybridized carbons (Fsp3) is 0.562. The van der Waals surface area contributed by atoms with Crippen molar-refractivity contribution in [3.05, 3.63) is 42.7 Å². The molecule has 12 nitrogen and oxygen atoms in total. The highest BCUT2D eigenvalue weighted by atomic mass is 32.2. The molecule has 0 bridgehead atoms. The third-order valence-corrected chi connectivity index (χ3v) is 9.49. The number of likely N-dealkylation sites (tertiary alicyclic amines) is 1. The summed E-state index contributed by atoms with van der Waals surface area (Å²) in [6.45, 7) is 4.76. The molecule has 0 unspecified atom stereocenters. The molecule has 1 saturated carbocycles. The van der Waals surface area contributed by atoms with Crippen molar-refractivity contribution in [1.82, 2.24) is 19.4 Å². The summed E-state index contributed by atoms with van der Waals surface area (Å²) >= 11 is 0. The highest BCUT2D eigenvalue weighted by Crippen LogP contribution is 2.31. The smallest absolute Gasteiger partial charge is 0.325 e. The molecule has 3 aromatic rings. The van der Waals surface area contributed by atoms with Crippen LogP contribution in [0, 0.1) is 5.92 Å². The maximum absolute atomic E-state index is 13.2. The van der Waals surface area contributed by atoms with Gasteiger partial charge in [-0.2, -0.15) is 4.98 Å². The van der Waals surface area contributed by atoms with E-state index in [1.165, 1.54) is 6.26 Å². The predicted octanol–water partition coefficient (Wildman–Crippen LogP) is 3.48. The number of fused-ring (bicyclic) bond motifs is 1. The number of hydrogen-bond donors (Lipinski definition) is 2. The van der Waals surface area contributed by atoms with Gasteiger partial charge in [-0.1, -0.05) is 6.07 Å². The Bertz CT molecular complexity index is 1600. The highest BCUT2D eigenvalue weighted by molar-refractivity contribution is 7.90. The molecule has 2 fully saturated rings. The van der Waals surface area contributed by atoms with Gasteiger partial charge in [-0.05, 0) is 70.2 Å². The number of aromatic nitrogens is 3. The van der Waals surface area contributed by atoms with Crippen molar-refractivity contribution in [3.63, 3.8) is 0 Å². The van der Waals surface area contributed by atoms with Crippen LogP contribution >= 0.6 is 0 Å². The van der Waals surface area contributed by atoms with Gasteiger partial charge < -0.3 is 30.0 Å². The number of hydrogen-bond acceptors (Lipinski definition) is 10. The van der Waals surface area contributed by atoms with E-state index in [2.05, 4.69) is 10.3 Å². The average molecular weight is 641 g/mol. The van der Waals surface area contributed by atoms with Crippen LogP contribution in [0.4, 0.5) is 5.95 Å². The fourth-order valence-corrected chi connectivity index (χ4v) is 6.59. The molecule has 1 aliphatic carbocycles. The number of nitrogens with zero attached hydrogens (tertiary/aromatic N) is 4. The van der Waals surface area contributed by atoms with Gasteiger partial charge in [-0.15, -0.1) is 0 Å². The van der Waals surface area contributed by atoms with Crippen molar-refractivity contribution in [3.8, 4) is 11.6 Å². The Labute approximate surface area is 264 Å². The second-order valence-electron chi connectivity index (χ2n) is 12.8. The van der Waals surface area contributed by atoms with Crippen LogP contribution in [0.15, 0.2) is 42.7 Å². The van der Waals surface area contributed by atoms with Crippen LogP contribution in [0.25, 0.3) is 16.7 Å². The van der Waals surface area contributed by atoms with Crippen molar-refractivity contribution >= 4 is 38.6 Å². The van der Waals surface area contributed by atoms with Crippen molar-refractivity contribution in [2.24, 2.45) is 11.7 Å². The molecule has 45 heavy (non-hydrogen) atoms. The zero-order valence-corrected chi connectivity index (χ0v) is 27.1. The van der Waals surface area contributed by atoms with Crippen molar-refractivity contribution < 1.29 is 27.5 Å². The van der Waals surface area contributed by atoms with Crippen LogP contribution in [0.3, 0.4) is 0 Å². The molecule has 1 saturated heterocycles. The standard InChI is InChI=1S/C32H44N6O6S/c1-32(2,33)30(40)44-24-13-17-37(18-14-24)29(39)22-8-10-23(11-9-22)35-31-34-16-12-28(36-31)38-19-15-25-26(38)6-4-7-27(25)43-20-5-21-45(3,41)42/h4,6-7,12,15-16,19,22-24H,5,8-11,13-14,17-18,20-21,33H2,1-3H3,(H,34,35,36). The maximum Gasteiger partial charge on any atom is 0.325 e. The molecule has 0 atom stereocenters. The van der Waals surface area contributed by atoms with Gasteiger partial charge in [0, 0.05) is 61.9 Å². The third-order valence-electron chi connectivity index (χ3n) is 8.46. The number of amides is 1. The van der Waals surface area contributed by atoms with Gasteiger partial charge in [-0.3, -0.25) is 9.59 Å². The lowest BCUT2D eigenvalue weighted by atomic mass is 9.85. The lowest BCUT2D eigenvalue weighted by Crippen LogP contribution is -2.48. The molecule has 3 N–H and O–H groups in total. The summed E-state index contributed by atoms with van der Waals surface area (Å²) in [6, 6.07) is 9.75. The Morgan fingerprint density at radius 2 is 1.80 bits per heavy atom. The number of carbonyl (C=O) groups excluding carboxylic acids is 2. The number of anilines is 1.